The number of carbonyl (C=O) groups excluding carboxylic acids is 1. The zero-order valence-electron chi connectivity index (χ0n) is 13.3. The van der Waals surface area contributed by atoms with E-state index in [1.54, 1.807) is 0 Å². The topological polar surface area (TPSA) is 38.3 Å². The first-order valence-electron chi connectivity index (χ1n) is 8.58. The van der Waals surface area contributed by atoms with Crippen LogP contribution in [0.15, 0.2) is 30.3 Å². The van der Waals surface area contributed by atoms with Crippen LogP contribution < -0.4 is 5.32 Å². The quantitative estimate of drug-likeness (QED) is 0.865. The Bertz CT molecular complexity index is 519. The van der Waals surface area contributed by atoms with E-state index in [1.807, 2.05) is 30.3 Å². The number of carbonyl (C=O) groups is 1. The normalized spacial score (nSPS) is 37.0. The first-order valence-corrected chi connectivity index (χ1v) is 8.58. The Kier molecular flexibility index (Phi) is 3.48. The van der Waals surface area contributed by atoms with Gasteiger partial charge in [-0.2, -0.15) is 0 Å². The molecule has 0 saturated heterocycles. The van der Waals surface area contributed by atoms with Crippen LogP contribution in [0.5, 0.6) is 0 Å². The van der Waals surface area contributed by atoms with Crippen LogP contribution in [0.2, 0.25) is 0 Å². The molecule has 3 heteroatoms. The van der Waals surface area contributed by atoms with Crippen LogP contribution in [0, 0.1) is 17.8 Å². The number of nitrogens with one attached hydrogen (secondary N) is 1. The van der Waals surface area contributed by atoms with Crippen molar-refractivity contribution in [3.8, 4) is 0 Å². The number of hydrogen-bond acceptors (Lipinski definition) is 3. The minimum Gasteiger partial charge on any atom is -0.468 e. The Morgan fingerprint density at radius 3 is 2.14 bits per heavy atom. The highest BCUT2D eigenvalue weighted by Gasteiger charge is 2.52. The van der Waals surface area contributed by atoms with Crippen LogP contribution in [0.25, 0.3) is 0 Å². The Labute approximate surface area is 132 Å². The van der Waals surface area contributed by atoms with Crippen molar-refractivity contribution in [3.63, 3.8) is 0 Å². The molecule has 3 nitrogen and oxygen atoms in total. The van der Waals surface area contributed by atoms with E-state index in [-0.39, 0.29) is 17.6 Å². The Morgan fingerprint density at radius 1 is 1.09 bits per heavy atom. The van der Waals surface area contributed by atoms with Crippen LogP contribution in [-0.2, 0) is 9.53 Å². The molecule has 4 fully saturated rings. The summed E-state index contributed by atoms with van der Waals surface area (Å²) in [5.74, 6) is 2.44. The molecule has 0 heterocycles. The molecule has 4 aliphatic rings. The van der Waals surface area contributed by atoms with Crippen LogP contribution in [0.4, 0.5) is 0 Å². The van der Waals surface area contributed by atoms with Crippen molar-refractivity contribution in [1.29, 1.82) is 0 Å². The molecule has 0 spiro atoms. The summed E-state index contributed by atoms with van der Waals surface area (Å²) in [4.78, 5) is 12.4. The molecule has 4 saturated carbocycles. The van der Waals surface area contributed by atoms with Crippen molar-refractivity contribution in [2.24, 2.45) is 17.8 Å². The van der Waals surface area contributed by atoms with Gasteiger partial charge in [0, 0.05) is 5.54 Å². The van der Waals surface area contributed by atoms with E-state index in [4.69, 9.17) is 4.74 Å². The van der Waals surface area contributed by atoms with Crippen LogP contribution in [0.1, 0.15) is 50.1 Å². The fourth-order valence-electron chi connectivity index (χ4n) is 5.64. The maximum Gasteiger partial charge on any atom is 0.327 e. The summed E-state index contributed by atoms with van der Waals surface area (Å²) in [6.07, 6.45) is 7.94. The second-order valence-corrected chi connectivity index (χ2v) is 7.71. The Hall–Kier alpha value is -1.35. The second-order valence-electron chi connectivity index (χ2n) is 7.71. The standard InChI is InChI=1S/C19H25NO2/c1-22-18(21)17(16-5-3-2-4-6-16)20-19-10-13-7-14(11-19)9-15(8-13)12-19/h2-6,13-15,17,20H,7-12H2,1H3. The highest BCUT2D eigenvalue weighted by molar-refractivity contribution is 5.77. The SMILES string of the molecule is COC(=O)C(NC12CC3CC(CC(C3)C1)C2)c1ccccc1. The zero-order chi connectivity index (χ0) is 15.2. The summed E-state index contributed by atoms with van der Waals surface area (Å²) >= 11 is 0. The number of rotatable bonds is 4. The first-order chi connectivity index (χ1) is 10.7. The van der Waals surface area contributed by atoms with Gasteiger partial charge in [-0.15, -0.1) is 0 Å². The average molecular weight is 299 g/mol. The molecule has 22 heavy (non-hydrogen) atoms. The van der Waals surface area contributed by atoms with Gasteiger partial charge in [-0.05, 0) is 61.8 Å². The predicted molar refractivity (Wildman–Crippen MR) is 85.2 cm³/mol. The van der Waals surface area contributed by atoms with E-state index in [2.05, 4.69) is 5.32 Å². The van der Waals surface area contributed by atoms with Crippen LogP contribution in [-0.4, -0.2) is 18.6 Å². The summed E-state index contributed by atoms with van der Waals surface area (Å²) in [5, 5.41) is 3.75. The van der Waals surface area contributed by atoms with Crippen LogP contribution >= 0.6 is 0 Å². The van der Waals surface area contributed by atoms with E-state index < -0.39 is 0 Å². The van der Waals surface area contributed by atoms with Crippen molar-refractivity contribution in [2.45, 2.75) is 50.1 Å². The van der Waals surface area contributed by atoms with E-state index in [9.17, 15) is 4.79 Å². The van der Waals surface area contributed by atoms with E-state index in [0.717, 1.165) is 23.3 Å². The van der Waals surface area contributed by atoms with Crippen molar-refractivity contribution in [2.75, 3.05) is 7.11 Å². The number of benzene rings is 1. The third kappa shape index (κ3) is 2.45. The molecule has 0 aromatic heterocycles. The van der Waals surface area contributed by atoms with E-state index >= 15 is 0 Å². The van der Waals surface area contributed by atoms with Gasteiger partial charge in [0.2, 0.25) is 0 Å². The molecule has 1 aromatic carbocycles. The van der Waals surface area contributed by atoms with Gasteiger partial charge in [-0.25, -0.2) is 4.79 Å². The van der Waals surface area contributed by atoms with Gasteiger partial charge in [0.1, 0.15) is 6.04 Å². The lowest BCUT2D eigenvalue weighted by Gasteiger charge is -2.57. The molecule has 0 radical (unpaired) electrons. The summed E-state index contributed by atoms with van der Waals surface area (Å²) < 4.78 is 5.08. The summed E-state index contributed by atoms with van der Waals surface area (Å²) in [6.45, 7) is 0. The highest BCUT2D eigenvalue weighted by atomic mass is 16.5. The molecule has 1 N–H and O–H groups in total. The second kappa shape index (κ2) is 5.38. The van der Waals surface area contributed by atoms with Gasteiger partial charge >= 0.3 is 5.97 Å². The Morgan fingerprint density at radius 2 is 1.64 bits per heavy atom. The van der Waals surface area contributed by atoms with Crippen LogP contribution in [0.3, 0.4) is 0 Å². The third-order valence-corrected chi connectivity index (χ3v) is 6.06. The maximum atomic E-state index is 12.4. The van der Waals surface area contributed by atoms with Gasteiger partial charge < -0.3 is 4.74 Å². The molecule has 0 aliphatic heterocycles. The first kappa shape index (κ1) is 14.3. The predicted octanol–water partition coefficient (Wildman–Crippen LogP) is 3.46. The van der Waals surface area contributed by atoms with Gasteiger partial charge in [-0.1, -0.05) is 30.3 Å². The number of esters is 1. The molecule has 4 bridgehead atoms. The molecule has 1 unspecified atom stereocenters. The molecule has 1 atom stereocenters. The molecular weight excluding hydrogens is 274 g/mol. The van der Waals surface area contributed by atoms with Crippen molar-refractivity contribution < 1.29 is 9.53 Å². The lowest BCUT2D eigenvalue weighted by Crippen LogP contribution is -2.60. The molecule has 1 aromatic rings. The van der Waals surface area contributed by atoms with Gasteiger partial charge in [0.15, 0.2) is 0 Å². The van der Waals surface area contributed by atoms with Crippen molar-refractivity contribution in [3.05, 3.63) is 35.9 Å². The van der Waals surface area contributed by atoms with E-state index in [1.165, 1.54) is 45.6 Å². The Balaban J connectivity index is 1.60. The molecule has 0 amide bonds. The molecule has 118 valence electrons. The van der Waals surface area contributed by atoms with Crippen molar-refractivity contribution >= 4 is 5.97 Å². The molecular formula is C19H25NO2. The average Bonchev–Trinajstić information content (AvgIpc) is 2.51. The van der Waals surface area contributed by atoms with E-state index in [0.29, 0.717) is 0 Å². The van der Waals surface area contributed by atoms with Gasteiger partial charge in [0.25, 0.3) is 0 Å². The largest absolute Gasteiger partial charge is 0.468 e. The van der Waals surface area contributed by atoms with Gasteiger partial charge in [-0.3, -0.25) is 5.32 Å². The maximum absolute atomic E-state index is 12.4. The third-order valence-electron chi connectivity index (χ3n) is 6.06. The minimum atomic E-state index is -0.331. The number of ether oxygens (including phenoxy) is 1. The summed E-state index contributed by atoms with van der Waals surface area (Å²) in [5.41, 5.74) is 1.17. The fourth-order valence-corrected chi connectivity index (χ4v) is 5.64. The lowest BCUT2D eigenvalue weighted by molar-refractivity contribution is -0.145. The minimum absolute atomic E-state index is 0.156. The summed E-state index contributed by atoms with van der Waals surface area (Å²) in [6, 6.07) is 9.69. The molecule has 4 aliphatic carbocycles. The van der Waals surface area contributed by atoms with Crippen molar-refractivity contribution in [1.82, 2.24) is 5.32 Å². The summed E-state index contributed by atoms with van der Waals surface area (Å²) in [7, 11) is 1.49. The highest BCUT2D eigenvalue weighted by Crippen LogP contribution is 2.56. The van der Waals surface area contributed by atoms with Gasteiger partial charge in [0.05, 0.1) is 7.11 Å². The number of hydrogen-bond donors (Lipinski definition) is 1. The fraction of sp³-hybridized carbons (Fsp3) is 0.632. The lowest BCUT2D eigenvalue weighted by atomic mass is 9.53. The monoisotopic (exact) mass is 299 g/mol. The number of methoxy groups -OCH3 is 1. The smallest absolute Gasteiger partial charge is 0.327 e. The zero-order valence-corrected chi connectivity index (χ0v) is 13.3. The molecule has 5 rings (SSSR count).